The average molecular weight is 233 g/mol. The maximum Gasteiger partial charge on any atom is 0.327 e. The minimum Gasteiger partial charge on any atom is -0.480 e. The van der Waals surface area contributed by atoms with Crippen LogP contribution in [0.5, 0.6) is 0 Å². The molecule has 0 aromatic heterocycles. The van der Waals surface area contributed by atoms with E-state index >= 15 is 0 Å². The van der Waals surface area contributed by atoms with E-state index < -0.39 is 18.1 Å². The molecule has 0 aromatic carbocycles. The van der Waals surface area contributed by atoms with E-state index in [-0.39, 0.29) is 11.7 Å². The fourth-order valence-corrected chi connectivity index (χ4v) is 1.77. The van der Waals surface area contributed by atoms with Crippen molar-refractivity contribution >= 4 is 23.6 Å². The summed E-state index contributed by atoms with van der Waals surface area (Å²) in [5.74, 6) is -0.870. The molecule has 0 fully saturated rings. The summed E-state index contributed by atoms with van der Waals surface area (Å²) in [5, 5.41) is 20.2. The van der Waals surface area contributed by atoms with Gasteiger partial charge < -0.3 is 15.5 Å². The van der Waals surface area contributed by atoms with Crippen LogP contribution in [0.25, 0.3) is 0 Å². The Hall–Kier alpha value is -1.01. The number of carbonyl (C=O) groups excluding carboxylic acids is 1. The number of carbonyl (C=O) groups is 2. The van der Waals surface area contributed by atoms with Crippen molar-refractivity contribution in [2.75, 3.05) is 11.5 Å². The Morgan fingerprint density at radius 3 is 2.53 bits per heavy atom. The molecule has 0 aliphatic carbocycles. The van der Waals surface area contributed by atoms with Gasteiger partial charge in [-0.15, -0.1) is 6.58 Å². The molecule has 0 aliphatic rings. The Morgan fingerprint density at radius 1 is 1.53 bits per heavy atom. The summed E-state index contributed by atoms with van der Waals surface area (Å²) in [7, 11) is 0. The molecule has 2 unspecified atom stereocenters. The zero-order valence-electron chi connectivity index (χ0n) is 8.47. The topological polar surface area (TPSA) is 86.6 Å². The number of hydrogen-bond acceptors (Lipinski definition) is 4. The van der Waals surface area contributed by atoms with Crippen LogP contribution in [0.15, 0.2) is 12.7 Å². The second-order valence-corrected chi connectivity index (χ2v) is 4.01. The summed E-state index contributed by atoms with van der Waals surface area (Å²) < 4.78 is 0. The number of carboxylic acid groups (broad SMARTS) is 1. The third-order valence-electron chi connectivity index (χ3n) is 1.52. The molecule has 0 saturated carbocycles. The van der Waals surface area contributed by atoms with Crippen LogP contribution in [0.4, 0.5) is 0 Å². The summed E-state index contributed by atoms with van der Waals surface area (Å²) >= 11 is 1.25. The largest absolute Gasteiger partial charge is 0.480 e. The summed E-state index contributed by atoms with van der Waals surface area (Å²) in [6.45, 7) is 4.66. The van der Waals surface area contributed by atoms with Gasteiger partial charge in [-0.1, -0.05) is 6.08 Å². The Bertz CT molecular complexity index is 244. The minimum atomic E-state index is -1.08. The molecule has 86 valence electrons. The average Bonchev–Trinajstić information content (AvgIpc) is 2.15. The van der Waals surface area contributed by atoms with Gasteiger partial charge in [-0.25, -0.2) is 4.79 Å². The van der Waals surface area contributed by atoms with Crippen molar-refractivity contribution in [3.8, 4) is 0 Å². The van der Waals surface area contributed by atoms with Crippen molar-refractivity contribution < 1.29 is 19.8 Å². The van der Waals surface area contributed by atoms with E-state index in [0.29, 0.717) is 5.75 Å². The van der Waals surface area contributed by atoms with Crippen LogP contribution in [0.3, 0.4) is 0 Å². The Labute approximate surface area is 92.6 Å². The molecule has 0 rings (SSSR count). The van der Waals surface area contributed by atoms with Crippen molar-refractivity contribution in [1.82, 2.24) is 5.32 Å². The molecule has 5 nitrogen and oxygen atoms in total. The molecule has 0 bridgehead atoms. The molecule has 6 heteroatoms. The van der Waals surface area contributed by atoms with Crippen LogP contribution in [0.1, 0.15) is 6.92 Å². The first-order chi connectivity index (χ1) is 6.97. The standard InChI is InChI=1S/C9H15NO4S/c1-3-7(12)4-15-5-8(9(13)14)10-6(2)11/h3,7-8,12H,1,4-5H2,2H3,(H,10,11)(H,13,14). The van der Waals surface area contributed by atoms with Crippen molar-refractivity contribution in [2.24, 2.45) is 0 Å². The fraction of sp³-hybridized carbons (Fsp3) is 0.556. The number of rotatable bonds is 7. The van der Waals surface area contributed by atoms with Crippen LogP contribution in [0.2, 0.25) is 0 Å². The fourth-order valence-electron chi connectivity index (χ4n) is 0.795. The number of aliphatic carboxylic acids is 1. The molecule has 15 heavy (non-hydrogen) atoms. The normalized spacial score (nSPS) is 14.0. The lowest BCUT2D eigenvalue weighted by Crippen LogP contribution is -2.41. The van der Waals surface area contributed by atoms with E-state index in [1.54, 1.807) is 0 Å². The number of nitrogens with one attached hydrogen (secondary N) is 1. The summed E-state index contributed by atoms with van der Waals surface area (Å²) in [6.07, 6.45) is 0.725. The van der Waals surface area contributed by atoms with Crippen LogP contribution >= 0.6 is 11.8 Å². The van der Waals surface area contributed by atoms with E-state index in [2.05, 4.69) is 11.9 Å². The second-order valence-electron chi connectivity index (χ2n) is 2.93. The highest BCUT2D eigenvalue weighted by Crippen LogP contribution is 2.06. The van der Waals surface area contributed by atoms with Gasteiger partial charge in [0.1, 0.15) is 6.04 Å². The van der Waals surface area contributed by atoms with E-state index in [0.717, 1.165) is 0 Å². The van der Waals surface area contributed by atoms with Gasteiger partial charge in [0, 0.05) is 18.4 Å². The monoisotopic (exact) mass is 233 g/mol. The molecule has 0 aliphatic heterocycles. The third kappa shape index (κ3) is 6.98. The van der Waals surface area contributed by atoms with Gasteiger partial charge in [0.25, 0.3) is 0 Å². The van der Waals surface area contributed by atoms with Crippen molar-refractivity contribution in [3.63, 3.8) is 0 Å². The SMILES string of the molecule is C=CC(O)CSCC(NC(C)=O)C(=O)O. The Kier molecular flexibility index (Phi) is 6.81. The summed E-state index contributed by atoms with van der Waals surface area (Å²) in [5.41, 5.74) is 0. The highest BCUT2D eigenvalue weighted by molar-refractivity contribution is 7.99. The number of amides is 1. The van der Waals surface area contributed by atoms with E-state index in [1.165, 1.54) is 24.8 Å². The smallest absolute Gasteiger partial charge is 0.327 e. The zero-order valence-corrected chi connectivity index (χ0v) is 9.29. The highest BCUT2D eigenvalue weighted by atomic mass is 32.2. The molecular formula is C9H15NO4S. The van der Waals surface area contributed by atoms with Crippen LogP contribution in [0, 0.1) is 0 Å². The van der Waals surface area contributed by atoms with Crippen LogP contribution in [-0.2, 0) is 9.59 Å². The van der Waals surface area contributed by atoms with Gasteiger partial charge in [-0.05, 0) is 0 Å². The lowest BCUT2D eigenvalue weighted by atomic mass is 10.3. The van der Waals surface area contributed by atoms with Gasteiger partial charge >= 0.3 is 5.97 Å². The molecule has 0 aromatic rings. The zero-order chi connectivity index (χ0) is 11.8. The lowest BCUT2D eigenvalue weighted by Gasteiger charge is -2.13. The molecule has 1 amide bonds. The maximum atomic E-state index is 10.7. The predicted octanol–water partition coefficient (Wildman–Crippen LogP) is -0.144. The first-order valence-corrected chi connectivity index (χ1v) is 5.51. The first kappa shape index (κ1) is 14.0. The first-order valence-electron chi connectivity index (χ1n) is 4.35. The predicted molar refractivity (Wildman–Crippen MR) is 58.8 cm³/mol. The minimum absolute atomic E-state index is 0.222. The van der Waals surface area contributed by atoms with Gasteiger partial charge in [0.05, 0.1) is 6.10 Å². The number of hydrogen-bond donors (Lipinski definition) is 3. The lowest BCUT2D eigenvalue weighted by molar-refractivity contribution is -0.140. The number of aliphatic hydroxyl groups excluding tert-OH is 1. The van der Waals surface area contributed by atoms with Crippen LogP contribution < -0.4 is 5.32 Å². The second kappa shape index (κ2) is 7.30. The van der Waals surface area contributed by atoms with E-state index in [1.807, 2.05) is 0 Å². The van der Waals surface area contributed by atoms with E-state index in [4.69, 9.17) is 10.2 Å². The third-order valence-corrected chi connectivity index (χ3v) is 2.67. The van der Waals surface area contributed by atoms with Gasteiger partial charge in [-0.3, -0.25) is 4.79 Å². The van der Waals surface area contributed by atoms with Crippen LogP contribution in [-0.4, -0.2) is 45.7 Å². The van der Waals surface area contributed by atoms with Gasteiger partial charge in [0.15, 0.2) is 0 Å². The Morgan fingerprint density at radius 2 is 2.13 bits per heavy atom. The quantitative estimate of drug-likeness (QED) is 0.533. The van der Waals surface area contributed by atoms with Crippen molar-refractivity contribution in [1.29, 1.82) is 0 Å². The van der Waals surface area contributed by atoms with Crippen molar-refractivity contribution in [2.45, 2.75) is 19.1 Å². The highest BCUT2D eigenvalue weighted by Gasteiger charge is 2.18. The Balaban J connectivity index is 3.91. The molecule has 0 saturated heterocycles. The number of carboxylic acids is 1. The van der Waals surface area contributed by atoms with Crippen molar-refractivity contribution in [3.05, 3.63) is 12.7 Å². The molecule has 3 N–H and O–H groups in total. The molecular weight excluding hydrogens is 218 g/mol. The van der Waals surface area contributed by atoms with Gasteiger partial charge in [-0.2, -0.15) is 11.8 Å². The maximum absolute atomic E-state index is 10.7. The molecule has 2 atom stereocenters. The van der Waals surface area contributed by atoms with E-state index in [9.17, 15) is 9.59 Å². The molecule has 0 radical (unpaired) electrons. The number of thioether (sulfide) groups is 1. The molecule has 0 heterocycles. The summed E-state index contributed by atoms with van der Waals surface area (Å²) in [4.78, 5) is 21.3. The summed E-state index contributed by atoms with van der Waals surface area (Å²) in [6, 6.07) is -0.912. The molecule has 0 spiro atoms. The van der Waals surface area contributed by atoms with Gasteiger partial charge in [0.2, 0.25) is 5.91 Å². The number of aliphatic hydroxyl groups is 1.